The summed E-state index contributed by atoms with van der Waals surface area (Å²) >= 11 is 0. The Morgan fingerprint density at radius 3 is 0.783 bits per heavy atom. The van der Waals surface area contributed by atoms with Crippen molar-refractivity contribution in [1.82, 2.24) is 29.9 Å². The van der Waals surface area contributed by atoms with E-state index in [1.54, 1.807) is 97.6 Å². The number of hydrogen-bond acceptors (Lipinski definition) is 16. The van der Waals surface area contributed by atoms with Gasteiger partial charge in [-0.3, -0.25) is 35.1 Å². The largest absolute Gasteiger partial charge is 0.476 e. The van der Waals surface area contributed by atoms with Crippen LogP contribution in [0.15, 0.2) is 256 Å². The van der Waals surface area contributed by atoms with Crippen molar-refractivity contribution in [3.05, 3.63) is 360 Å². The number of carboxylic acids is 2. The van der Waals surface area contributed by atoms with Crippen LogP contribution in [0.1, 0.15) is 62.4 Å². The molecule has 0 aliphatic carbocycles. The molecule has 13 aromatic rings. The molecule has 0 aliphatic rings. The molecule has 0 fully saturated rings. The standard InChI is InChI=1S/C34H20N2O12.4C11H6F2N.2Ir/c37-29(38)27-25(6-2-16-35-27)47-33(43)21-12-8-19(9-13-21)31(41)45-23-4-1-5-24(18-23)46-32(42)20-10-14-22(15-11-20)34(44)48-26-7-3-17-36-28(26)30(39)40;4*12-8-4-5-9(10(13)7-8)11-3-1-2-6-14-11;;/h1-18H,(H,37,38)(H,39,40);4*1-4,6-7H;;/q;4*-1;;. The summed E-state index contributed by atoms with van der Waals surface area (Å²) in [5, 5.41) is 18.4. The number of rotatable bonds is 14. The van der Waals surface area contributed by atoms with Crippen LogP contribution in [0.4, 0.5) is 35.1 Å². The van der Waals surface area contributed by atoms with Gasteiger partial charge in [0.05, 0.1) is 22.3 Å². The van der Waals surface area contributed by atoms with E-state index in [1.165, 1.54) is 109 Å². The number of benzene rings is 7. The van der Waals surface area contributed by atoms with Gasteiger partial charge in [0.2, 0.25) is 0 Å². The third kappa shape index (κ3) is 23.0. The van der Waals surface area contributed by atoms with Gasteiger partial charge in [0.15, 0.2) is 22.9 Å². The van der Waals surface area contributed by atoms with E-state index in [0.29, 0.717) is 22.8 Å². The quantitative estimate of drug-likeness (QED) is 0.0444. The number of hydrogen-bond donors (Lipinski definition) is 2. The first-order valence-electron chi connectivity index (χ1n) is 29.9. The summed E-state index contributed by atoms with van der Waals surface area (Å²) < 4.78 is 124. The van der Waals surface area contributed by atoms with Crippen molar-refractivity contribution in [2.45, 2.75) is 0 Å². The van der Waals surface area contributed by atoms with Crippen molar-refractivity contribution in [3.8, 4) is 68.0 Å². The monoisotopic (exact) mass is 1790 g/mol. The summed E-state index contributed by atoms with van der Waals surface area (Å²) in [4.78, 5) is 96.1. The Morgan fingerprint density at radius 1 is 0.292 bits per heavy atom. The number of aromatic carboxylic acids is 2. The minimum atomic E-state index is -1.37. The molecule has 0 spiro atoms. The van der Waals surface area contributed by atoms with E-state index in [0.717, 1.165) is 48.5 Å². The van der Waals surface area contributed by atoms with Crippen LogP contribution in [-0.2, 0) is 40.2 Å². The van der Waals surface area contributed by atoms with Crippen LogP contribution in [0.2, 0.25) is 0 Å². The minimum Gasteiger partial charge on any atom is -0.476 e. The maximum atomic E-state index is 13.2. The van der Waals surface area contributed by atoms with Gasteiger partial charge in [0.25, 0.3) is 0 Å². The van der Waals surface area contributed by atoms with Gasteiger partial charge in [-0.05, 0) is 132 Å². The number of carboxylic acid groups (broad SMARTS) is 2. The van der Waals surface area contributed by atoms with Gasteiger partial charge < -0.3 is 49.1 Å². The maximum Gasteiger partial charge on any atom is 0.358 e. The summed E-state index contributed by atoms with van der Waals surface area (Å²) in [5.74, 6) is -11.6. The van der Waals surface area contributed by atoms with Gasteiger partial charge in [-0.25, -0.2) is 38.7 Å². The van der Waals surface area contributed by atoms with E-state index in [1.807, 2.05) is 0 Å². The van der Waals surface area contributed by atoms with Gasteiger partial charge in [-0.2, -0.15) is 0 Å². The molecular formula is C78H44F8Ir2N6O12-4. The Balaban J connectivity index is 0.000000217. The van der Waals surface area contributed by atoms with Crippen LogP contribution in [0.25, 0.3) is 45.0 Å². The van der Waals surface area contributed by atoms with Crippen LogP contribution in [0, 0.1) is 70.8 Å². The number of esters is 4. The van der Waals surface area contributed by atoms with Crippen LogP contribution >= 0.6 is 0 Å². The first-order chi connectivity index (χ1) is 50.2. The molecular weight excluding hydrogens is 1750 g/mol. The van der Waals surface area contributed by atoms with E-state index < -0.39 is 93.7 Å². The third-order valence-electron chi connectivity index (χ3n) is 13.4. The second-order valence-electron chi connectivity index (χ2n) is 20.5. The van der Waals surface area contributed by atoms with Crippen molar-refractivity contribution in [3.63, 3.8) is 0 Å². The number of ether oxygens (including phenoxy) is 4. The fourth-order valence-electron chi connectivity index (χ4n) is 8.61. The average molecular weight is 1790 g/mol. The molecule has 106 heavy (non-hydrogen) atoms. The number of carbonyl (C=O) groups excluding carboxylic acids is 4. The Labute approximate surface area is 623 Å². The molecule has 28 heteroatoms. The number of halogens is 8. The van der Waals surface area contributed by atoms with Crippen LogP contribution in [0.3, 0.4) is 0 Å². The van der Waals surface area contributed by atoms with Gasteiger partial charge in [-0.15, -0.1) is 48.5 Å². The number of carbonyl (C=O) groups is 6. The number of nitrogens with zero attached hydrogens (tertiary/aromatic N) is 6. The van der Waals surface area contributed by atoms with E-state index >= 15 is 0 Å². The molecule has 0 atom stereocenters. The fourth-order valence-corrected chi connectivity index (χ4v) is 8.61. The molecule has 0 unspecified atom stereocenters. The summed E-state index contributed by atoms with van der Waals surface area (Å²) in [5.41, 5.74) is 1.89. The molecule has 7 aromatic carbocycles. The van der Waals surface area contributed by atoms with E-state index in [-0.39, 0.29) is 108 Å². The summed E-state index contributed by atoms with van der Waals surface area (Å²) in [6.45, 7) is 0. The first kappa shape index (κ1) is 80.3. The van der Waals surface area contributed by atoms with Crippen LogP contribution in [0.5, 0.6) is 23.0 Å². The molecule has 2 radical (unpaired) electrons. The average Bonchev–Trinajstić information content (AvgIpc) is 0.886. The summed E-state index contributed by atoms with van der Waals surface area (Å²) in [7, 11) is 0. The van der Waals surface area contributed by atoms with Gasteiger partial charge in [0.1, 0.15) is 11.5 Å². The predicted molar refractivity (Wildman–Crippen MR) is 355 cm³/mol. The zero-order valence-corrected chi connectivity index (χ0v) is 58.4. The van der Waals surface area contributed by atoms with Crippen molar-refractivity contribution in [2.75, 3.05) is 0 Å². The van der Waals surface area contributed by atoms with Gasteiger partial charge in [0, 0.05) is 130 Å². The Bertz CT molecular complexity index is 4700. The smallest absolute Gasteiger partial charge is 0.358 e. The SMILES string of the molecule is Fc1c[c-]c(-c2ccccn2)c(F)c1.Fc1c[c-]c(-c2ccccn2)c(F)c1.Fc1c[c-]c(-c2ccccn2)c(F)c1.Fc1c[c-]c(-c2ccccn2)c(F)c1.O=C(Oc1cccc(OC(=O)c2ccc(C(=O)Oc3cccnc3C(=O)O)cc2)c1)c1ccc(C(=O)Oc2cccnc2C(=O)O)cc1.[Ir].[Ir]. The topological polar surface area (TPSA) is 257 Å². The molecule has 536 valence electrons. The number of pyridine rings is 6. The summed E-state index contributed by atoms with van der Waals surface area (Å²) in [6.07, 6.45) is 8.68. The second kappa shape index (κ2) is 39.4. The third-order valence-corrected chi connectivity index (χ3v) is 13.4. The zero-order chi connectivity index (χ0) is 74.1. The molecule has 18 nitrogen and oxygen atoms in total. The van der Waals surface area contributed by atoms with Crippen molar-refractivity contribution in [1.29, 1.82) is 0 Å². The molecule has 6 heterocycles. The molecule has 0 amide bonds. The molecule has 6 aromatic heterocycles. The van der Waals surface area contributed by atoms with Crippen molar-refractivity contribution < 1.29 is 133 Å². The normalized spacial score (nSPS) is 10.0. The Hall–Kier alpha value is -13.0. The first-order valence-corrected chi connectivity index (χ1v) is 29.9. The molecule has 0 saturated carbocycles. The molecule has 13 rings (SSSR count). The van der Waals surface area contributed by atoms with E-state index in [2.05, 4.69) is 54.2 Å². The van der Waals surface area contributed by atoms with Crippen LogP contribution in [-0.4, -0.2) is 75.9 Å². The van der Waals surface area contributed by atoms with Gasteiger partial charge in [-0.1, -0.05) is 101 Å². The molecule has 0 bridgehead atoms. The maximum absolute atomic E-state index is 13.2. The number of aromatic nitrogens is 6. The fraction of sp³-hybridized carbons (Fsp3) is 0. The van der Waals surface area contributed by atoms with Crippen molar-refractivity contribution in [2.24, 2.45) is 0 Å². The van der Waals surface area contributed by atoms with E-state index in [9.17, 15) is 74.1 Å². The minimum absolute atomic E-state index is 0. The molecule has 2 N–H and O–H groups in total. The zero-order valence-electron chi connectivity index (χ0n) is 53.6. The van der Waals surface area contributed by atoms with Crippen LogP contribution < -0.4 is 18.9 Å². The van der Waals surface area contributed by atoms with Crippen molar-refractivity contribution >= 4 is 35.8 Å². The predicted octanol–water partition coefficient (Wildman–Crippen LogP) is 16.1. The molecule has 0 aliphatic heterocycles. The second-order valence-corrected chi connectivity index (χ2v) is 20.5. The van der Waals surface area contributed by atoms with Gasteiger partial charge >= 0.3 is 35.8 Å². The van der Waals surface area contributed by atoms with E-state index in [4.69, 9.17) is 18.9 Å². The molecule has 0 saturated heterocycles. The summed E-state index contributed by atoms with van der Waals surface area (Å²) in [6, 6.07) is 59.6. The Kier molecular flexibility index (Phi) is 29.9. The Morgan fingerprint density at radius 2 is 0.547 bits per heavy atom.